The molecule has 9 heteroatoms. The van der Waals surface area contributed by atoms with E-state index in [0.717, 1.165) is 28.0 Å². The lowest BCUT2D eigenvalue weighted by molar-refractivity contribution is -0.117. The van der Waals surface area contributed by atoms with Gasteiger partial charge in [-0.3, -0.25) is 18.9 Å². The molecule has 7 nitrogen and oxygen atoms in total. The van der Waals surface area contributed by atoms with Crippen LogP contribution in [0.25, 0.3) is 10.2 Å². The highest BCUT2D eigenvalue weighted by Gasteiger charge is 2.22. The summed E-state index contributed by atoms with van der Waals surface area (Å²) in [5.41, 5.74) is 1.89. The van der Waals surface area contributed by atoms with Crippen molar-refractivity contribution in [2.75, 3.05) is 16.2 Å². The molecule has 0 saturated carbocycles. The summed E-state index contributed by atoms with van der Waals surface area (Å²) in [6.07, 6.45) is 1.34. The molecule has 0 atom stereocenters. The number of anilines is 2. The number of benzene rings is 2. The normalized spacial score (nSPS) is 14.8. The number of nitrogens with zero attached hydrogens (tertiary/aromatic N) is 2. The highest BCUT2D eigenvalue weighted by molar-refractivity contribution is 7.92. The van der Waals surface area contributed by atoms with E-state index in [2.05, 4.69) is 4.72 Å². The number of nitrogens with one attached hydrogen (secondary N) is 1. The van der Waals surface area contributed by atoms with Crippen molar-refractivity contribution >= 4 is 48.9 Å². The Morgan fingerprint density at radius 1 is 1.11 bits per heavy atom. The van der Waals surface area contributed by atoms with Gasteiger partial charge < -0.3 is 4.90 Å². The van der Waals surface area contributed by atoms with Crippen molar-refractivity contribution in [3.63, 3.8) is 0 Å². The van der Waals surface area contributed by atoms with Crippen molar-refractivity contribution in [1.29, 1.82) is 0 Å². The van der Waals surface area contributed by atoms with Crippen molar-refractivity contribution in [1.82, 2.24) is 4.57 Å². The van der Waals surface area contributed by atoms with Crippen molar-refractivity contribution < 1.29 is 13.2 Å². The first kappa shape index (κ1) is 18.7. The van der Waals surface area contributed by atoms with E-state index in [1.807, 2.05) is 6.92 Å². The van der Waals surface area contributed by atoms with Crippen molar-refractivity contribution in [2.45, 2.75) is 31.2 Å². The summed E-state index contributed by atoms with van der Waals surface area (Å²) in [6, 6.07) is 11.3. The minimum Gasteiger partial charge on any atom is -0.312 e. The van der Waals surface area contributed by atoms with Gasteiger partial charge in [0.2, 0.25) is 5.91 Å². The number of aromatic nitrogens is 1. The third-order valence-electron chi connectivity index (χ3n) is 4.77. The van der Waals surface area contributed by atoms with Crippen LogP contribution in [0.4, 0.5) is 11.4 Å². The second kappa shape index (κ2) is 7.06. The maximum atomic E-state index is 12.7. The molecule has 0 bridgehead atoms. The highest BCUT2D eigenvalue weighted by atomic mass is 32.2. The van der Waals surface area contributed by atoms with Crippen LogP contribution >= 0.6 is 11.3 Å². The molecular weight excluding hydrogens is 398 g/mol. The predicted octanol–water partition coefficient (Wildman–Crippen LogP) is 3.01. The number of hydrogen-bond acceptors (Lipinski definition) is 5. The van der Waals surface area contributed by atoms with Gasteiger partial charge in [-0.25, -0.2) is 8.42 Å². The topological polar surface area (TPSA) is 88.5 Å². The number of sulfonamides is 1. The minimum atomic E-state index is -3.78. The fourth-order valence-electron chi connectivity index (χ4n) is 3.37. The van der Waals surface area contributed by atoms with E-state index in [-0.39, 0.29) is 15.7 Å². The van der Waals surface area contributed by atoms with Crippen LogP contribution in [0, 0.1) is 0 Å². The van der Waals surface area contributed by atoms with Crippen molar-refractivity contribution in [3.05, 3.63) is 52.1 Å². The van der Waals surface area contributed by atoms with E-state index in [4.69, 9.17) is 0 Å². The van der Waals surface area contributed by atoms with Gasteiger partial charge in [0.15, 0.2) is 0 Å². The van der Waals surface area contributed by atoms with E-state index < -0.39 is 10.0 Å². The Kier molecular flexibility index (Phi) is 4.72. The lowest BCUT2D eigenvalue weighted by Crippen LogP contribution is -2.23. The maximum Gasteiger partial charge on any atom is 0.308 e. The molecule has 1 aliphatic heterocycles. The number of amides is 1. The zero-order chi connectivity index (χ0) is 19.9. The fraction of sp³-hybridized carbons (Fsp3) is 0.263. The smallest absolute Gasteiger partial charge is 0.308 e. The number of carbonyl (C=O) groups is 1. The first-order valence-corrected chi connectivity index (χ1v) is 11.3. The molecule has 0 radical (unpaired) electrons. The number of aryl methyl sites for hydroxylation is 1. The van der Waals surface area contributed by atoms with Gasteiger partial charge >= 0.3 is 4.87 Å². The molecule has 1 fully saturated rings. The van der Waals surface area contributed by atoms with E-state index in [1.165, 1.54) is 12.1 Å². The molecule has 2 aromatic carbocycles. The summed E-state index contributed by atoms with van der Waals surface area (Å²) in [4.78, 5) is 25.5. The average molecular weight is 418 g/mol. The van der Waals surface area contributed by atoms with Crippen LogP contribution in [0.1, 0.15) is 19.8 Å². The molecule has 2 heterocycles. The predicted molar refractivity (Wildman–Crippen MR) is 111 cm³/mol. The van der Waals surface area contributed by atoms with Gasteiger partial charge in [0.25, 0.3) is 10.0 Å². The van der Waals surface area contributed by atoms with Crippen LogP contribution < -0.4 is 14.5 Å². The van der Waals surface area contributed by atoms with Crippen LogP contribution in [-0.4, -0.2) is 25.4 Å². The van der Waals surface area contributed by atoms with Crippen LogP contribution in [0.2, 0.25) is 0 Å². The SMILES string of the molecule is CCn1c(=O)sc2cc(NS(=O)(=O)c3ccc(N4CCCC4=O)cc3)ccc21. The Hall–Kier alpha value is -2.65. The monoisotopic (exact) mass is 417 g/mol. The second-order valence-corrected chi connectivity index (χ2v) is 9.22. The fourth-order valence-corrected chi connectivity index (χ4v) is 5.41. The quantitative estimate of drug-likeness (QED) is 0.691. The second-order valence-electron chi connectivity index (χ2n) is 6.54. The van der Waals surface area contributed by atoms with Gasteiger partial charge in [0.05, 0.1) is 20.8 Å². The van der Waals surface area contributed by atoms with E-state index in [0.29, 0.717) is 30.9 Å². The molecule has 0 spiro atoms. The number of hydrogen-bond donors (Lipinski definition) is 1. The Morgan fingerprint density at radius 2 is 1.86 bits per heavy atom. The number of rotatable bonds is 5. The van der Waals surface area contributed by atoms with Crippen molar-refractivity contribution in [3.8, 4) is 0 Å². The Bertz CT molecular complexity index is 1210. The van der Waals surface area contributed by atoms with Gasteiger partial charge in [-0.15, -0.1) is 0 Å². The third kappa shape index (κ3) is 3.31. The van der Waals surface area contributed by atoms with E-state index in [1.54, 1.807) is 39.8 Å². The Labute approximate surface area is 166 Å². The molecule has 0 unspecified atom stereocenters. The minimum absolute atomic E-state index is 0.0556. The van der Waals surface area contributed by atoms with Crippen LogP contribution in [-0.2, 0) is 21.4 Å². The molecule has 146 valence electrons. The van der Waals surface area contributed by atoms with Gasteiger partial charge in [0, 0.05) is 25.2 Å². The highest BCUT2D eigenvalue weighted by Crippen LogP contribution is 2.26. The number of carbonyl (C=O) groups excluding carboxylic acids is 1. The van der Waals surface area contributed by atoms with E-state index in [9.17, 15) is 18.0 Å². The molecule has 1 amide bonds. The molecule has 0 aliphatic carbocycles. The van der Waals surface area contributed by atoms with Crippen molar-refractivity contribution in [2.24, 2.45) is 0 Å². The maximum absolute atomic E-state index is 12.7. The third-order valence-corrected chi connectivity index (χ3v) is 7.11. The van der Waals surface area contributed by atoms with Gasteiger partial charge in [-0.2, -0.15) is 0 Å². The lowest BCUT2D eigenvalue weighted by Gasteiger charge is -2.16. The molecular formula is C19H19N3O4S2. The Morgan fingerprint density at radius 3 is 2.50 bits per heavy atom. The molecule has 4 rings (SSSR count). The van der Waals surface area contributed by atoms with Crippen LogP contribution in [0.15, 0.2) is 52.2 Å². The molecule has 3 aromatic rings. The number of fused-ring (bicyclic) bond motifs is 1. The number of thiazole rings is 1. The molecule has 1 aliphatic rings. The van der Waals surface area contributed by atoms with Crippen LogP contribution in [0.5, 0.6) is 0 Å². The molecule has 1 saturated heterocycles. The van der Waals surface area contributed by atoms with Gasteiger partial charge in [-0.1, -0.05) is 11.3 Å². The van der Waals surface area contributed by atoms with E-state index >= 15 is 0 Å². The lowest BCUT2D eigenvalue weighted by atomic mass is 10.3. The standard InChI is InChI=1S/C19H19N3O4S2/c1-2-21-16-10-5-13(12-17(16)27-19(21)24)20-28(25,26)15-8-6-14(7-9-15)22-11-3-4-18(22)23/h5-10,12,20H,2-4,11H2,1H3. The summed E-state index contributed by atoms with van der Waals surface area (Å²) < 4.78 is 30.4. The summed E-state index contributed by atoms with van der Waals surface area (Å²) in [5.74, 6) is 0.0556. The van der Waals surface area contributed by atoms with Gasteiger partial charge in [-0.05, 0) is 55.8 Å². The molecule has 1 aromatic heterocycles. The summed E-state index contributed by atoms with van der Waals surface area (Å²) in [7, 11) is -3.78. The zero-order valence-electron chi connectivity index (χ0n) is 15.2. The first-order valence-electron chi connectivity index (χ1n) is 8.96. The van der Waals surface area contributed by atoms with Gasteiger partial charge in [0.1, 0.15) is 0 Å². The van der Waals surface area contributed by atoms with Crippen LogP contribution in [0.3, 0.4) is 0 Å². The molecule has 1 N–H and O–H groups in total. The summed E-state index contributed by atoms with van der Waals surface area (Å²) >= 11 is 1.09. The average Bonchev–Trinajstić information content (AvgIpc) is 3.23. The summed E-state index contributed by atoms with van der Waals surface area (Å²) in [5, 5.41) is 0. The largest absolute Gasteiger partial charge is 0.312 e. The first-order chi connectivity index (χ1) is 13.4. The zero-order valence-corrected chi connectivity index (χ0v) is 16.8. The summed E-state index contributed by atoms with van der Waals surface area (Å²) in [6.45, 7) is 3.11. The Balaban J connectivity index is 1.59. The molecule has 28 heavy (non-hydrogen) atoms.